The predicted octanol–water partition coefficient (Wildman–Crippen LogP) is 4.82. The highest BCUT2D eigenvalue weighted by Gasteiger charge is 2.17. The predicted molar refractivity (Wildman–Crippen MR) is 102 cm³/mol. The lowest BCUT2D eigenvalue weighted by molar-refractivity contribution is 0.102. The molecule has 0 saturated carbocycles. The molecule has 25 heavy (non-hydrogen) atoms. The number of ether oxygens (including phenoxy) is 2. The van der Waals surface area contributed by atoms with Gasteiger partial charge in [0.25, 0.3) is 5.91 Å². The number of anilines is 1. The lowest BCUT2D eigenvalue weighted by Gasteiger charge is -2.15. The van der Waals surface area contributed by atoms with Crippen molar-refractivity contribution in [2.75, 3.05) is 18.5 Å². The Morgan fingerprint density at radius 1 is 1.12 bits per heavy atom. The van der Waals surface area contributed by atoms with Crippen LogP contribution in [0.4, 0.5) is 5.69 Å². The van der Waals surface area contributed by atoms with Gasteiger partial charge >= 0.3 is 0 Å². The van der Waals surface area contributed by atoms with E-state index in [1.807, 2.05) is 26.8 Å². The van der Waals surface area contributed by atoms with E-state index in [1.54, 1.807) is 25.1 Å². The van der Waals surface area contributed by atoms with Gasteiger partial charge in [-0.3, -0.25) is 4.79 Å². The molecule has 0 aliphatic carbocycles. The number of halogens is 1. The summed E-state index contributed by atoms with van der Waals surface area (Å²) in [4.78, 5) is 12.6. The molecule has 0 spiro atoms. The third kappa shape index (κ3) is 4.25. The van der Waals surface area contributed by atoms with E-state index in [1.165, 1.54) is 0 Å². The van der Waals surface area contributed by atoms with Crippen molar-refractivity contribution in [3.63, 3.8) is 0 Å². The second-order valence-corrected chi connectivity index (χ2v) is 6.36. The van der Waals surface area contributed by atoms with Gasteiger partial charge in [0, 0.05) is 16.6 Å². The van der Waals surface area contributed by atoms with E-state index >= 15 is 0 Å². The Morgan fingerprint density at radius 3 is 2.32 bits per heavy atom. The van der Waals surface area contributed by atoms with E-state index in [0.717, 1.165) is 5.56 Å². The van der Waals surface area contributed by atoms with Crippen molar-refractivity contribution in [2.45, 2.75) is 27.7 Å². The maximum Gasteiger partial charge on any atom is 0.259 e. The molecule has 0 heterocycles. The Bertz CT molecular complexity index is 789. The summed E-state index contributed by atoms with van der Waals surface area (Å²) in [5, 5.41) is 13.0. The standard InChI is InChI=1S/C19H22BrNO4/c1-5-24-16-9-14(20)15(10-17(16)25-6-2)21-19(23)13-8-7-11(3)12(4)18(13)22/h7-10,22H,5-6H2,1-4H3,(H,21,23). The zero-order chi connectivity index (χ0) is 18.6. The molecule has 0 radical (unpaired) electrons. The number of phenols is 1. The molecule has 2 N–H and O–H groups in total. The number of phenolic OH excluding ortho intramolecular Hbond substituents is 1. The SMILES string of the molecule is CCOc1cc(Br)c(NC(=O)c2ccc(C)c(C)c2O)cc1OCC. The van der Waals surface area contributed by atoms with Gasteiger partial charge in [0.05, 0.1) is 24.5 Å². The Kier molecular flexibility index (Phi) is 6.31. The van der Waals surface area contributed by atoms with Crippen LogP contribution < -0.4 is 14.8 Å². The number of amides is 1. The topological polar surface area (TPSA) is 67.8 Å². The summed E-state index contributed by atoms with van der Waals surface area (Å²) in [6, 6.07) is 6.88. The van der Waals surface area contributed by atoms with Crippen molar-refractivity contribution in [1.82, 2.24) is 0 Å². The Hall–Kier alpha value is -2.21. The molecule has 5 nitrogen and oxygen atoms in total. The first kappa shape index (κ1) is 19.1. The van der Waals surface area contributed by atoms with Gasteiger partial charge in [0.1, 0.15) is 5.75 Å². The monoisotopic (exact) mass is 407 g/mol. The van der Waals surface area contributed by atoms with Crippen LogP contribution in [0.2, 0.25) is 0 Å². The summed E-state index contributed by atoms with van der Waals surface area (Å²) in [6.07, 6.45) is 0. The van der Waals surface area contributed by atoms with Gasteiger partial charge in [0.2, 0.25) is 0 Å². The number of hydrogen-bond acceptors (Lipinski definition) is 4. The van der Waals surface area contributed by atoms with E-state index in [-0.39, 0.29) is 11.3 Å². The highest BCUT2D eigenvalue weighted by Crippen LogP contribution is 2.37. The largest absolute Gasteiger partial charge is 0.507 e. The Balaban J connectivity index is 2.35. The highest BCUT2D eigenvalue weighted by molar-refractivity contribution is 9.10. The first-order valence-corrected chi connectivity index (χ1v) is 8.87. The number of nitrogens with one attached hydrogen (secondary N) is 1. The zero-order valence-electron chi connectivity index (χ0n) is 14.8. The first-order chi connectivity index (χ1) is 11.9. The van der Waals surface area contributed by atoms with E-state index in [9.17, 15) is 9.90 Å². The highest BCUT2D eigenvalue weighted by atomic mass is 79.9. The molecule has 0 aromatic heterocycles. The fraction of sp³-hybridized carbons (Fsp3) is 0.316. The number of aromatic hydroxyl groups is 1. The van der Waals surface area contributed by atoms with Crippen LogP contribution in [0.1, 0.15) is 35.3 Å². The zero-order valence-corrected chi connectivity index (χ0v) is 16.4. The maximum absolute atomic E-state index is 12.6. The molecule has 6 heteroatoms. The summed E-state index contributed by atoms with van der Waals surface area (Å²) in [6.45, 7) is 8.42. The summed E-state index contributed by atoms with van der Waals surface area (Å²) < 4.78 is 11.8. The molecule has 0 aliphatic rings. The molecule has 134 valence electrons. The van der Waals surface area contributed by atoms with Crippen LogP contribution in [0.5, 0.6) is 17.2 Å². The van der Waals surface area contributed by atoms with E-state index in [2.05, 4.69) is 21.2 Å². The van der Waals surface area contributed by atoms with Gasteiger partial charge < -0.3 is 19.9 Å². The van der Waals surface area contributed by atoms with Crippen LogP contribution >= 0.6 is 15.9 Å². The molecule has 0 saturated heterocycles. The third-order valence-electron chi connectivity index (χ3n) is 3.83. The maximum atomic E-state index is 12.6. The number of benzene rings is 2. The molecule has 2 rings (SSSR count). The lowest BCUT2D eigenvalue weighted by atomic mass is 10.0. The molecular formula is C19H22BrNO4. The first-order valence-electron chi connectivity index (χ1n) is 8.08. The van der Waals surface area contributed by atoms with Gasteiger partial charge in [-0.05, 0) is 60.8 Å². The van der Waals surface area contributed by atoms with Crippen molar-refractivity contribution < 1.29 is 19.4 Å². The van der Waals surface area contributed by atoms with Gasteiger partial charge in [-0.1, -0.05) is 6.07 Å². The lowest BCUT2D eigenvalue weighted by Crippen LogP contribution is -2.13. The van der Waals surface area contributed by atoms with Crippen molar-refractivity contribution in [2.24, 2.45) is 0 Å². The smallest absolute Gasteiger partial charge is 0.259 e. The number of hydrogen-bond donors (Lipinski definition) is 2. The fourth-order valence-corrected chi connectivity index (χ4v) is 2.76. The second-order valence-electron chi connectivity index (χ2n) is 5.50. The van der Waals surface area contributed by atoms with Crippen LogP contribution in [0.15, 0.2) is 28.7 Å². The number of rotatable bonds is 6. The molecular weight excluding hydrogens is 386 g/mol. The van der Waals surface area contributed by atoms with Crippen LogP contribution in [0.3, 0.4) is 0 Å². The van der Waals surface area contributed by atoms with Crippen LogP contribution in [0, 0.1) is 13.8 Å². The summed E-state index contributed by atoms with van der Waals surface area (Å²) >= 11 is 3.44. The summed E-state index contributed by atoms with van der Waals surface area (Å²) in [7, 11) is 0. The molecule has 0 bridgehead atoms. The molecule has 2 aromatic rings. The number of carbonyl (C=O) groups excluding carboxylic acids is 1. The third-order valence-corrected chi connectivity index (χ3v) is 4.48. The van der Waals surface area contributed by atoms with Crippen molar-refractivity contribution in [3.8, 4) is 17.2 Å². The minimum Gasteiger partial charge on any atom is -0.507 e. The molecule has 0 atom stereocenters. The van der Waals surface area contributed by atoms with Crippen molar-refractivity contribution in [3.05, 3.63) is 45.4 Å². The normalized spacial score (nSPS) is 10.4. The quantitative estimate of drug-likeness (QED) is 0.719. The summed E-state index contributed by atoms with van der Waals surface area (Å²) in [5.74, 6) is 0.743. The van der Waals surface area contributed by atoms with Crippen molar-refractivity contribution >= 4 is 27.5 Å². The molecule has 0 aliphatic heterocycles. The number of aryl methyl sites for hydroxylation is 1. The molecule has 2 aromatic carbocycles. The number of carbonyl (C=O) groups is 1. The van der Waals surface area contributed by atoms with Crippen molar-refractivity contribution in [1.29, 1.82) is 0 Å². The van der Waals surface area contributed by atoms with E-state index in [0.29, 0.717) is 40.4 Å². The van der Waals surface area contributed by atoms with Gasteiger partial charge in [-0.2, -0.15) is 0 Å². The minimum atomic E-state index is -0.395. The van der Waals surface area contributed by atoms with Gasteiger partial charge in [-0.25, -0.2) is 0 Å². The fourth-order valence-electron chi connectivity index (χ4n) is 2.34. The molecule has 0 unspecified atom stereocenters. The minimum absolute atomic E-state index is 0.00964. The average Bonchev–Trinajstić information content (AvgIpc) is 2.57. The van der Waals surface area contributed by atoms with E-state index in [4.69, 9.17) is 9.47 Å². The van der Waals surface area contributed by atoms with Crippen LogP contribution in [-0.4, -0.2) is 24.2 Å². The van der Waals surface area contributed by atoms with E-state index < -0.39 is 5.91 Å². The molecule has 1 amide bonds. The van der Waals surface area contributed by atoms with Crippen LogP contribution in [0.25, 0.3) is 0 Å². The average molecular weight is 408 g/mol. The second kappa shape index (κ2) is 8.25. The summed E-state index contributed by atoms with van der Waals surface area (Å²) in [5.41, 5.74) is 2.37. The molecule has 0 fully saturated rings. The Labute approximate surface area is 156 Å². The van der Waals surface area contributed by atoms with Gasteiger partial charge in [0.15, 0.2) is 11.5 Å². The van der Waals surface area contributed by atoms with Gasteiger partial charge in [-0.15, -0.1) is 0 Å². The van der Waals surface area contributed by atoms with Crippen LogP contribution in [-0.2, 0) is 0 Å². The Morgan fingerprint density at radius 2 is 1.72 bits per heavy atom.